The second-order valence-electron chi connectivity index (χ2n) is 6.73. The minimum absolute atomic E-state index is 0.521. The minimum atomic E-state index is 0.521. The number of para-hydroxylation sites is 2. The lowest BCUT2D eigenvalue weighted by molar-refractivity contribution is 1.00. The molecule has 0 bridgehead atoms. The number of hydrogen-bond acceptors (Lipinski definition) is 5. The SMILES string of the molecule is Cc1nc2cnccc2n1-c1ccc(C2=Nc3ccccc3N=C(N)C2)cc1. The Hall–Kier alpha value is -3.80. The van der Waals surface area contributed by atoms with Crippen LogP contribution < -0.4 is 5.73 Å². The first kappa shape index (κ1) is 16.4. The molecular formula is C22H18N6. The molecule has 0 amide bonds. The van der Waals surface area contributed by atoms with Crippen molar-refractivity contribution in [1.82, 2.24) is 14.5 Å². The molecule has 1 aliphatic heterocycles. The van der Waals surface area contributed by atoms with Gasteiger partial charge < -0.3 is 5.73 Å². The van der Waals surface area contributed by atoms with Crippen LogP contribution in [0.4, 0.5) is 11.4 Å². The largest absolute Gasteiger partial charge is 0.387 e. The summed E-state index contributed by atoms with van der Waals surface area (Å²) in [5.41, 5.74) is 12.7. The highest BCUT2D eigenvalue weighted by molar-refractivity contribution is 6.14. The smallest absolute Gasteiger partial charge is 0.111 e. The van der Waals surface area contributed by atoms with Gasteiger partial charge in [0.25, 0.3) is 0 Å². The van der Waals surface area contributed by atoms with E-state index < -0.39 is 0 Å². The first-order chi connectivity index (χ1) is 13.7. The second-order valence-corrected chi connectivity index (χ2v) is 6.73. The fraction of sp³-hybridized carbons (Fsp3) is 0.0909. The third-order valence-electron chi connectivity index (χ3n) is 4.83. The van der Waals surface area contributed by atoms with E-state index in [1.807, 2.05) is 37.3 Å². The van der Waals surface area contributed by atoms with Crippen LogP contribution in [0.1, 0.15) is 17.8 Å². The summed E-state index contributed by atoms with van der Waals surface area (Å²) < 4.78 is 2.13. The van der Waals surface area contributed by atoms with E-state index in [-0.39, 0.29) is 0 Å². The Kier molecular flexibility index (Phi) is 3.76. The molecule has 2 aromatic carbocycles. The summed E-state index contributed by atoms with van der Waals surface area (Å²) in [6.07, 6.45) is 4.09. The average Bonchev–Trinajstić information content (AvgIpc) is 2.94. The van der Waals surface area contributed by atoms with Gasteiger partial charge in [-0.05, 0) is 42.8 Å². The van der Waals surface area contributed by atoms with Crippen molar-refractivity contribution in [1.29, 1.82) is 0 Å². The number of hydrogen-bond donors (Lipinski definition) is 1. The molecule has 6 heteroatoms. The van der Waals surface area contributed by atoms with Crippen LogP contribution >= 0.6 is 0 Å². The highest BCUT2D eigenvalue weighted by Gasteiger charge is 2.14. The number of fused-ring (bicyclic) bond motifs is 2. The molecule has 1 aliphatic rings. The van der Waals surface area contributed by atoms with Gasteiger partial charge in [-0.2, -0.15) is 0 Å². The lowest BCUT2D eigenvalue weighted by Crippen LogP contribution is -2.16. The fourth-order valence-electron chi connectivity index (χ4n) is 3.55. The Morgan fingerprint density at radius 2 is 1.68 bits per heavy atom. The zero-order valence-electron chi connectivity index (χ0n) is 15.4. The van der Waals surface area contributed by atoms with Gasteiger partial charge in [-0.3, -0.25) is 14.5 Å². The number of aryl methyl sites for hydroxylation is 1. The van der Waals surface area contributed by atoms with E-state index in [1.54, 1.807) is 12.4 Å². The Balaban J connectivity index is 1.56. The second kappa shape index (κ2) is 6.42. The predicted molar refractivity (Wildman–Crippen MR) is 112 cm³/mol. The maximum atomic E-state index is 6.12. The van der Waals surface area contributed by atoms with E-state index in [9.17, 15) is 0 Å². The van der Waals surface area contributed by atoms with Gasteiger partial charge in [-0.1, -0.05) is 24.3 Å². The van der Waals surface area contributed by atoms with E-state index in [4.69, 9.17) is 10.7 Å². The van der Waals surface area contributed by atoms with E-state index in [0.717, 1.165) is 45.2 Å². The van der Waals surface area contributed by atoms with Crippen molar-refractivity contribution in [2.75, 3.05) is 0 Å². The predicted octanol–water partition coefficient (Wildman–Crippen LogP) is 4.24. The van der Waals surface area contributed by atoms with Crippen LogP contribution in [-0.4, -0.2) is 26.1 Å². The van der Waals surface area contributed by atoms with Gasteiger partial charge in [-0.15, -0.1) is 0 Å². The van der Waals surface area contributed by atoms with Crippen molar-refractivity contribution < 1.29 is 0 Å². The molecule has 6 nitrogen and oxygen atoms in total. The fourth-order valence-corrected chi connectivity index (χ4v) is 3.55. The third-order valence-corrected chi connectivity index (χ3v) is 4.83. The number of nitrogens with two attached hydrogens (primary N) is 1. The van der Waals surface area contributed by atoms with Gasteiger partial charge in [0.1, 0.15) is 17.2 Å². The van der Waals surface area contributed by atoms with Crippen LogP contribution in [-0.2, 0) is 0 Å². The Morgan fingerprint density at radius 3 is 2.46 bits per heavy atom. The Morgan fingerprint density at radius 1 is 0.929 bits per heavy atom. The van der Waals surface area contributed by atoms with Crippen molar-refractivity contribution >= 4 is 34.0 Å². The molecule has 136 valence electrons. The highest BCUT2D eigenvalue weighted by Crippen LogP contribution is 2.31. The highest BCUT2D eigenvalue weighted by atomic mass is 15.1. The maximum Gasteiger partial charge on any atom is 0.111 e. The van der Waals surface area contributed by atoms with Gasteiger partial charge in [0, 0.05) is 18.3 Å². The van der Waals surface area contributed by atoms with E-state index in [0.29, 0.717) is 12.3 Å². The molecule has 0 fully saturated rings. The van der Waals surface area contributed by atoms with Gasteiger partial charge in [0.05, 0.1) is 28.8 Å². The van der Waals surface area contributed by atoms with E-state index >= 15 is 0 Å². The lowest BCUT2D eigenvalue weighted by Gasteiger charge is -2.09. The zero-order chi connectivity index (χ0) is 19.1. The van der Waals surface area contributed by atoms with Gasteiger partial charge in [0.2, 0.25) is 0 Å². The lowest BCUT2D eigenvalue weighted by atomic mass is 10.1. The van der Waals surface area contributed by atoms with Gasteiger partial charge >= 0.3 is 0 Å². The maximum absolute atomic E-state index is 6.12. The number of nitrogens with zero attached hydrogens (tertiary/aromatic N) is 5. The average molecular weight is 366 g/mol. The van der Waals surface area contributed by atoms with E-state index in [1.165, 1.54) is 0 Å². The van der Waals surface area contributed by atoms with Crippen LogP contribution in [0, 0.1) is 6.92 Å². The molecule has 0 saturated heterocycles. The zero-order valence-corrected chi connectivity index (χ0v) is 15.4. The minimum Gasteiger partial charge on any atom is -0.387 e. The number of pyridine rings is 1. The van der Waals surface area contributed by atoms with Crippen LogP contribution in [0.2, 0.25) is 0 Å². The molecule has 0 atom stereocenters. The monoisotopic (exact) mass is 366 g/mol. The number of benzene rings is 2. The quantitative estimate of drug-likeness (QED) is 0.576. The Bertz CT molecular complexity index is 1250. The molecule has 0 unspecified atom stereocenters. The van der Waals surface area contributed by atoms with Crippen molar-refractivity contribution in [3.63, 3.8) is 0 Å². The number of aromatic nitrogens is 3. The van der Waals surface area contributed by atoms with Gasteiger partial charge in [0.15, 0.2) is 0 Å². The standard InChI is InChI=1S/C22H18N6/c1-14-25-20-13-24-11-10-21(20)28(14)16-8-6-15(7-9-16)19-12-22(23)27-18-5-3-2-4-17(18)26-19/h2-11,13H,12H2,1H3,(H2,23,27). The molecule has 3 heterocycles. The Labute approximate surface area is 162 Å². The summed E-state index contributed by atoms with van der Waals surface area (Å²) in [6, 6.07) is 18.1. The molecule has 0 aliphatic carbocycles. The van der Waals surface area contributed by atoms with Crippen molar-refractivity contribution in [2.24, 2.45) is 15.7 Å². The summed E-state index contributed by atoms with van der Waals surface area (Å²) in [7, 11) is 0. The molecular weight excluding hydrogens is 348 g/mol. The first-order valence-corrected chi connectivity index (χ1v) is 9.08. The summed E-state index contributed by atoms with van der Waals surface area (Å²) in [5, 5.41) is 0. The third kappa shape index (κ3) is 2.75. The molecule has 0 spiro atoms. The number of amidine groups is 1. The normalized spacial score (nSPS) is 13.6. The van der Waals surface area contributed by atoms with Crippen molar-refractivity contribution in [3.05, 3.63) is 78.4 Å². The van der Waals surface area contributed by atoms with Crippen molar-refractivity contribution in [3.8, 4) is 5.69 Å². The number of aliphatic imine (C=N–C) groups is 2. The molecule has 4 aromatic rings. The van der Waals surface area contributed by atoms with Crippen LogP contribution in [0.3, 0.4) is 0 Å². The summed E-state index contributed by atoms with van der Waals surface area (Å²) in [6.45, 7) is 2.00. The molecule has 28 heavy (non-hydrogen) atoms. The summed E-state index contributed by atoms with van der Waals surface area (Å²) >= 11 is 0. The molecule has 2 aromatic heterocycles. The van der Waals surface area contributed by atoms with Gasteiger partial charge in [-0.25, -0.2) is 9.98 Å². The summed E-state index contributed by atoms with van der Waals surface area (Å²) in [5.74, 6) is 1.49. The number of rotatable bonds is 2. The molecule has 2 N–H and O–H groups in total. The number of imidazole rings is 1. The molecule has 0 radical (unpaired) electrons. The van der Waals surface area contributed by atoms with Crippen LogP contribution in [0.5, 0.6) is 0 Å². The summed E-state index contributed by atoms with van der Waals surface area (Å²) in [4.78, 5) is 18.0. The van der Waals surface area contributed by atoms with E-state index in [2.05, 4.69) is 43.8 Å². The first-order valence-electron chi connectivity index (χ1n) is 9.08. The molecule has 0 saturated carbocycles. The topological polar surface area (TPSA) is 81.5 Å². The van der Waals surface area contributed by atoms with Crippen LogP contribution in [0.15, 0.2) is 77.0 Å². The van der Waals surface area contributed by atoms with Crippen molar-refractivity contribution in [2.45, 2.75) is 13.3 Å². The van der Waals surface area contributed by atoms with Crippen LogP contribution in [0.25, 0.3) is 16.7 Å². The molecule has 5 rings (SSSR count).